The second-order valence-electron chi connectivity index (χ2n) is 7.07. The highest BCUT2D eigenvalue weighted by atomic mass is 16.5. The molecule has 0 bridgehead atoms. The van der Waals surface area contributed by atoms with Gasteiger partial charge in [-0.1, -0.05) is 0 Å². The van der Waals surface area contributed by atoms with Crippen molar-refractivity contribution in [3.05, 3.63) is 83.3 Å². The van der Waals surface area contributed by atoms with Gasteiger partial charge in [-0.3, -0.25) is 0 Å². The Morgan fingerprint density at radius 3 is 1.34 bits per heavy atom. The second-order valence-corrected chi connectivity index (χ2v) is 7.07. The van der Waals surface area contributed by atoms with Crippen LogP contribution >= 0.6 is 0 Å². The van der Waals surface area contributed by atoms with Gasteiger partial charge in [0.15, 0.2) is 0 Å². The minimum atomic E-state index is 0.615. The molecule has 0 aliphatic carbocycles. The molecule has 2 aromatic heterocycles. The first-order valence-electron chi connectivity index (χ1n) is 9.55. The van der Waals surface area contributed by atoms with Gasteiger partial charge in [0.25, 0.3) is 0 Å². The maximum Gasteiger partial charge on any atom is 0.134 e. The zero-order valence-corrected chi connectivity index (χ0v) is 17.1. The summed E-state index contributed by atoms with van der Waals surface area (Å²) in [6.45, 7) is 4.13. The first-order valence-corrected chi connectivity index (χ1v) is 9.55. The molecule has 0 spiro atoms. The molecule has 0 saturated carbocycles. The van der Waals surface area contributed by atoms with Crippen LogP contribution in [0.25, 0.3) is 22.6 Å². The maximum absolute atomic E-state index is 6.16. The summed E-state index contributed by atoms with van der Waals surface area (Å²) in [6.07, 6.45) is 0.615. The molecule has 4 aromatic rings. The number of furan rings is 2. The largest absolute Gasteiger partial charge is 0.497 e. The molecular weight excluding hydrogens is 364 g/mol. The van der Waals surface area contributed by atoms with E-state index in [0.717, 1.165) is 56.8 Å². The van der Waals surface area contributed by atoms with Crippen LogP contribution in [0.2, 0.25) is 0 Å². The minimum absolute atomic E-state index is 0.615. The molecule has 0 aliphatic heterocycles. The van der Waals surface area contributed by atoms with Gasteiger partial charge in [-0.15, -0.1) is 0 Å². The van der Waals surface area contributed by atoms with E-state index in [4.69, 9.17) is 18.3 Å². The van der Waals surface area contributed by atoms with E-state index in [2.05, 4.69) is 26.0 Å². The molecule has 0 amide bonds. The lowest BCUT2D eigenvalue weighted by atomic mass is 10.1. The van der Waals surface area contributed by atoms with Crippen molar-refractivity contribution >= 4 is 0 Å². The van der Waals surface area contributed by atoms with Crippen molar-refractivity contribution in [1.82, 2.24) is 0 Å². The fourth-order valence-electron chi connectivity index (χ4n) is 3.33. The number of hydrogen-bond acceptors (Lipinski definition) is 4. The molecule has 0 saturated heterocycles. The van der Waals surface area contributed by atoms with Crippen LogP contribution < -0.4 is 9.47 Å². The highest BCUT2D eigenvalue weighted by molar-refractivity contribution is 5.61. The SMILES string of the molecule is COc1ccc(-c2cc(C)c(Cc3oc(-c4ccc(OC)cc4)cc3C)o2)cc1. The summed E-state index contributed by atoms with van der Waals surface area (Å²) in [7, 11) is 3.33. The molecule has 0 radical (unpaired) electrons. The first kappa shape index (κ1) is 18.9. The predicted molar refractivity (Wildman–Crippen MR) is 114 cm³/mol. The molecule has 0 aliphatic rings. The smallest absolute Gasteiger partial charge is 0.134 e. The fraction of sp³-hybridized carbons (Fsp3) is 0.200. The zero-order valence-electron chi connectivity index (χ0n) is 17.1. The second kappa shape index (κ2) is 7.92. The Morgan fingerprint density at radius 2 is 1.00 bits per heavy atom. The van der Waals surface area contributed by atoms with E-state index in [9.17, 15) is 0 Å². The standard InChI is InChI=1S/C25H24O4/c1-16-13-24(18-5-9-20(26-3)10-6-18)28-22(16)15-23-17(2)14-25(29-23)19-7-11-21(27-4)12-8-19/h5-14H,15H2,1-4H3. The van der Waals surface area contributed by atoms with Gasteiger partial charge in [-0.05, 0) is 85.6 Å². The van der Waals surface area contributed by atoms with Gasteiger partial charge in [0.1, 0.15) is 34.5 Å². The number of benzene rings is 2. The van der Waals surface area contributed by atoms with Gasteiger partial charge in [0, 0.05) is 11.1 Å². The van der Waals surface area contributed by atoms with Gasteiger partial charge in [0.2, 0.25) is 0 Å². The van der Waals surface area contributed by atoms with E-state index in [1.165, 1.54) is 0 Å². The van der Waals surface area contributed by atoms with Crippen molar-refractivity contribution < 1.29 is 18.3 Å². The molecule has 4 heteroatoms. The molecule has 4 rings (SSSR count). The third kappa shape index (κ3) is 3.92. The average molecular weight is 388 g/mol. The average Bonchev–Trinajstić information content (AvgIpc) is 3.31. The normalized spacial score (nSPS) is 10.9. The van der Waals surface area contributed by atoms with Crippen molar-refractivity contribution in [2.45, 2.75) is 20.3 Å². The third-order valence-electron chi connectivity index (χ3n) is 5.11. The van der Waals surface area contributed by atoms with Gasteiger partial charge < -0.3 is 18.3 Å². The molecule has 0 unspecified atom stereocenters. The first-order chi connectivity index (χ1) is 14.1. The van der Waals surface area contributed by atoms with Crippen LogP contribution in [0.3, 0.4) is 0 Å². The summed E-state index contributed by atoms with van der Waals surface area (Å²) in [5.41, 5.74) is 4.26. The lowest BCUT2D eigenvalue weighted by molar-refractivity contribution is 0.414. The molecule has 0 N–H and O–H groups in total. The summed E-state index contributed by atoms with van der Waals surface area (Å²) >= 11 is 0. The van der Waals surface area contributed by atoms with E-state index in [-0.39, 0.29) is 0 Å². The summed E-state index contributed by atoms with van der Waals surface area (Å²) in [5.74, 6) is 5.17. The van der Waals surface area contributed by atoms with Crippen LogP contribution in [0.1, 0.15) is 22.6 Å². The van der Waals surface area contributed by atoms with Gasteiger partial charge >= 0.3 is 0 Å². The van der Waals surface area contributed by atoms with Crippen LogP contribution in [0.5, 0.6) is 11.5 Å². The Balaban J connectivity index is 1.57. The number of rotatable bonds is 6. The molecule has 4 nitrogen and oxygen atoms in total. The monoisotopic (exact) mass is 388 g/mol. The van der Waals surface area contributed by atoms with Crippen molar-refractivity contribution in [2.75, 3.05) is 14.2 Å². The van der Waals surface area contributed by atoms with Gasteiger partial charge in [-0.2, -0.15) is 0 Å². The van der Waals surface area contributed by atoms with Crippen LogP contribution in [0.15, 0.2) is 69.5 Å². The highest BCUT2D eigenvalue weighted by Gasteiger charge is 2.15. The Kier molecular flexibility index (Phi) is 5.17. The number of ether oxygens (including phenoxy) is 2. The Hall–Kier alpha value is -3.40. The molecule has 0 atom stereocenters. The van der Waals surface area contributed by atoms with Crippen LogP contribution in [0, 0.1) is 13.8 Å². The molecular formula is C25H24O4. The Labute approximate surface area is 170 Å². The van der Waals surface area contributed by atoms with Gasteiger partial charge in [-0.25, -0.2) is 0 Å². The van der Waals surface area contributed by atoms with Crippen molar-refractivity contribution in [3.63, 3.8) is 0 Å². The van der Waals surface area contributed by atoms with Crippen molar-refractivity contribution in [3.8, 4) is 34.1 Å². The van der Waals surface area contributed by atoms with Crippen LogP contribution in [-0.4, -0.2) is 14.2 Å². The summed E-state index contributed by atoms with van der Waals surface area (Å²) in [6, 6.07) is 19.9. The molecule has 2 aromatic carbocycles. The predicted octanol–water partition coefficient (Wildman–Crippen LogP) is 6.43. The molecule has 2 heterocycles. The molecule has 148 valence electrons. The highest BCUT2D eigenvalue weighted by Crippen LogP contribution is 2.32. The number of aryl methyl sites for hydroxylation is 2. The minimum Gasteiger partial charge on any atom is -0.497 e. The topological polar surface area (TPSA) is 44.7 Å². The van der Waals surface area contributed by atoms with Crippen LogP contribution in [-0.2, 0) is 6.42 Å². The van der Waals surface area contributed by atoms with E-state index >= 15 is 0 Å². The molecule has 29 heavy (non-hydrogen) atoms. The lowest BCUT2D eigenvalue weighted by Gasteiger charge is -2.02. The molecule has 0 fully saturated rings. The van der Waals surface area contributed by atoms with Gasteiger partial charge in [0.05, 0.1) is 20.6 Å². The third-order valence-corrected chi connectivity index (χ3v) is 5.11. The Bertz CT molecular complexity index is 1010. The summed E-state index contributed by atoms with van der Waals surface area (Å²) in [4.78, 5) is 0. The number of hydrogen-bond donors (Lipinski definition) is 0. The maximum atomic E-state index is 6.16. The van der Waals surface area contributed by atoms with E-state index in [0.29, 0.717) is 6.42 Å². The van der Waals surface area contributed by atoms with E-state index in [1.807, 2.05) is 48.5 Å². The Morgan fingerprint density at radius 1 is 0.621 bits per heavy atom. The van der Waals surface area contributed by atoms with E-state index < -0.39 is 0 Å². The number of methoxy groups -OCH3 is 2. The quantitative estimate of drug-likeness (QED) is 0.382. The fourth-order valence-corrected chi connectivity index (χ4v) is 3.33. The van der Waals surface area contributed by atoms with E-state index in [1.54, 1.807) is 14.2 Å². The summed E-state index contributed by atoms with van der Waals surface area (Å²) in [5, 5.41) is 0. The zero-order chi connectivity index (χ0) is 20.4. The van der Waals surface area contributed by atoms with Crippen LogP contribution in [0.4, 0.5) is 0 Å². The van der Waals surface area contributed by atoms with Crippen molar-refractivity contribution in [1.29, 1.82) is 0 Å². The lowest BCUT2D eigenvalue weighted by Crippen LogP contribution is -1.87. The van der Waals surface area contributed by atoms with Crippen molar-refractivity contribution in [2.24, 2.45) is 0 Å². The summed E-state index contributed by atoms with van der Waals surface area (Å²) < 4.78 is 22.8.